The van der Waals surface area contributed by atoms with E-state index in [2.05, 4.69) is 21.2 Å². The van der Waals surface area contributed by atoms with E-state index in [1.54, 1.807) is 24.3 Å². The van der Waals surface area contributed by atoms with E-state index in [1.807, 2.05) is 12.1 Å². The number of H-pyrrole nitrogens is 1. The third-order valence-corrected chi connectivity index (χ3v) is 5.58. The van der Waals surface area contributed by atoms with Crippen LogP contribution in [0.3, 0.4) is 0 Å². The van der Waals surface area contributed by atoms with Crippen molar-refractivity contribution in [2.45, 2.75) is 24.1 Å². The molecule has 0 saturated heterocycles. The molecule has 156 valence electrons. The maximum Gasteiger partial charge on any atom is 0.257 e. The predicted molar refractivity (Wildman–Crippen MR) is 117 cm³/mol. The number of terminal acetylenes is 1. The number of aromatic nitrogens is 2. The third kappa shape index (κ3) is 4.78. The zero-order valence-corrected chi connectivity index (χ0v) is 17.2. The zero-order valence-electron chi connectivity index (χ0n) is 16.4. The van der Waals surface area contributed by atoms with Gasteiger partial charge in [0.1, 0.15) is 24.0 Å². The van der Waals surface area contributed by atoms with Crippen LogP contribution >= 0.6 is 11.8 Å². The molecule has 0 spiro atoms. The van der Waals surface area contributed by atoms with Crippen molar-refractivity contribution < 1.29 is 13.9 Å². The van der Waals surface area contributed by atoms with Crippen molar-refractivity contribution >= 4 is 23.5 Å². The SMILES string of the molecule is C#CCSc1nc2c(c(=O)[nH]1)C(c1ccc(OCc3cccc(F)c3)cc1)CC(=O)N2. The highest BCUT2D eigenvalue weighted by Crippen LogP contribution is 2.35. The van der Waals surface area contributed by atoms with Gasteiger partial charge in [0.2, 0.25) is 5.91 Å². The summed E-state index contributed by atoms with van der Waals surface area (Å²) in [5.74, 6) is 2.73. The van der Waals surface area contributed by atoms with Crippen molar-refractivity contribution in [3.8, 4) is 18.1 Å². The van der Waals surface area contributed by atoms with Gasteiger partial charge in [0, 0.05) is 12.3 Å². The molecule has 1 aliphatic heterocycles. The van der Waals surface area contributed by atoms with Crippen LogP contribution in [-0.2, 0) is 11.4 Å². The van der Waals surface area contributed by atoms with E-state index in [4.69, 9.17) is 11.2 Å². The molecular formula is C23H18FN3O3S. The average molecular weight is 435 g/mol. The summed E-state index contributed by atoms with van der Waals surface area (Å²) in [4.78, 5) is 32.1. The van der Waals surface area contributed by atoms with E-state index in [-0.39, 0.29) is 36.1 Å². The predicted octanol–water partition coefficient (Wildman–Crippen LogP) is 3.69. The van der Waals surface area contributed by atoms with Gasteiger partial charge in [-0.25, -0.2) is 9.37 Å². The van der Waals surface area contributed by atoms with Crippen molar-refractivity contribution in [2.24, 2.45) is 0 Å². The Morgan fingerprint density at radius 2 is 2.03 bits per heavy atom. The van der Waals surface area contributed by atoms with E-state index in [9.17, 15) is 14.0 Å². The first-order valence-corrected chi connectivity index (χ1v) is 10.5. The number of aromatic amines is 1. The molecule has 0 fully saturated rings. The van der Waals surface area contributed by atoms with Gasteiger partial charge in [-0.1, -0.05) is 41.9 Å². The van der Waals surface area contributed by atoms with Gasteiger partial charge >= 0.3 is 0 Å². The fourth-order valence-corrected chi connectivity index (χ4v) is 3.94. The fourth-order valence-electron chi connectivity index (χ4n) is 3.40. The molecule has 1 aromatic heterocycles. The molecular weight excluding hydrogens is 417 g/mol. The Kier molecular flexibility index (Phi) is 6.05. The van der Waals surface area contributed by atoms with Gasteiger partial charge < -0.3 is 15.0 Å². The summed E-state index contributed by atoms with van der Waals surface area (Å²) in [5, 5.41) is 3.05. The lowest BCUT2D eigenvalue weighted by Crippen LogP contribution is -2.31. The number of thioether (sulfide) groups is 1. The van der Waals surface area contributed by atoms with Gasteiger partial charge in [-0.05, 0) is 35.4 Å². The van der Waals surface area contributed by atoms with E-state index >= 15 is 0 Å². The van der Waals surface area contributed by atoms with E-state index < -0.39 is 5.92 Å². The first-order valence-electron chi connectivity index (χ1n) is 9.51. The molecule has 4 rings (SSSR count). The van der Waals surface area contributed by atoms with Crippen molar-refractivity contribution in [2.75, 3.05) is 11.1 Å². The molecule has 0 radical (unpaired) electrons. The summed E-state index contributed by atoms with van der Waals surface area (Å²) < 4.78 is 19.0. The summed E-state index contributed by atoms with van der Waals surface area (Å²) >= 11 is 1.22. The summed E-state index contributed by atoms with van der Waals surface area (Å²) in [5.41, 5.74) is 1.63. The minimum atomic E-state index is -0.427. The first kappa shape index (κ1) is 20.7. The standard InChI is InChI=1S/C23H18FN3O3S/c1-2-10-31-23-26-21-20(22(29)27-23)18(12-19(28)25-21)15-6-8-17(9-7-15)30-13-14-4-3-5-16(24)11-14/h1,3-9,11,18H,10,12-13H2,(H2,25,26,27,28,29). The number of benzene rings is 2. The summed E-state index contributed by atoms with van der Waals surface area (Å²) in [6, 6.07) is 13.4. The number of hydrogen-bond donors (Lipinski definition) is 2. The second-order valence-corrected chi connectivity index (χ2v) is 7.88. The van der Waals surface area contributed by atoms with E-state index in [1.165, 1.54) is 23.9 Å². The van der Waals surface area contributed by atoms with E-state index in [0.29, 0.717) is 22.2 Å². The lowest BCUT2D eigenvalue weighted by molar-refractivity contribution is -0.116. The maximum absolute atomic E-state index is 13.3. The van der Waals surface area contributed by atoms with Gasteiger partial charge in [0.15, 0.2) is 5.16 Å². The lowest BCUT2D eigenvalue weighted by Gasteiger charge is -2.24. The topological polar surface area (TPSA) is 84.1 Å². The molecule has 0 saturated carbocycles. The van der Waals surface area contributed by atoms with Crippen LogP contribution in [0, 0.1) is 18.2 Å². The Balaban J connectivity index is 1.55. The molecule has 0 bridgehead atoms. The zero-order chi connectivity index (χ0) is 21.8. The monoisotopic (exact) mass is 435 g/mol. The van der Waals surface area contributed by atoms with Gasteiger partial charge in [-0.2, -0.15) is 0 Å². The molecule has 1 atom stereocenters. The van der Waals surface area contributed by atoms with Crippen LogP contribution in [0.5, 0.6) is 5.75 Å². The average Bonchev–Trinajstić information content (AvgIpc) is 2.76. The number of fused-ring (bicyclic) bond motifs is 1. The number of anilines is 1. The number of carbonyl (C=O) groups excluding carboxylic acids is 1. The van der Waals surface area contributed by atoms with Crippen LogP contribution in [0.2, 0.25) is 0 Å². The number of amides is 1. The molecule has 1 amide bonds. The van der Waals surface area contributed by atoms with Crippen LogP contribution < -0.4 is 15.6 Å². The molecule has 8 heteroatoms. The quantitative estimate of drug-likeness (QED) is 0.351. The maximum atomic E-state index is 13.3. The number of nitrogens with zero attached hydrogens (tertiary/aromatic N) is 1. The number of carbonyl (C=O) groups is 1. The normalized spacial score (nSPS) is 15.0. The second-order valence-electron chi connectivity index (χ2n) is 6.92. The minimum Gasteiger partial charge on any atom is -0.489 e. The Morgan fingerprint density at radius 1 is 1.23 bits per heavy atom. The number of nitrogens with one attached hydrogen (secondary N) is 2. The highest BCUT2D eigenvalue weighted by molar-refractivity contribution is 7.99. The second kappa shape index (κ2) is 9.06. The molecule has 31 heavy (non-hydrogen) atoms. The Morgan fingerprint density at radius 3 is 2.77 bits per heavy atom. The number of rotatable bonds is 6. The molecule has 1 unspecified atom stereocenters. The molecule has 1 aliphatic rings. The lowest BCUT2D eigenvalue weighted by atomic mass is 9.87. The van der Waals surface area contributed by atoms with Crippen LogP contribution in [0.15, 0.2) is 58.5 Å². The molecule has 2 heterocycles. The van der Waals surface area contributed by atoms with Crippen molar-refractivity contribution in [3.63, 3.8) is 0 Å². The largest absolute Gasteiger partial charge is 0.489 e. The molecule has 0 aliphatic carbocycles. The summed E-state index contributed by atoms with van der Waals surface area (Å²) in [7, 11) is 0. The highest BCUT2D eigenvalue weighted by Gasteiger charge is 2.31. The van der Waals surface area contributed by atoms with Gasteiger partial charge in [-0.3, -0.25) is 9.59 Å². The van der Waals surface area contributed by atoms with Crippen LogP contribution in [0.25, 0.3) is 0 Å². The van der Waals surface area contributed by atoms with Gasteiger partial charge in [0.25, 0.3) is 5.56 Å². The van der Waals surface area contributed by atoms with Gasteiger partial charge in [-0.15, -0.1) is 6.42 Å². The van der Waals surface area contributed by atoms with Crippen LogP contribution in [0.1, 0.15) is 29.0 Å². The fraction of sp³-hybridized carbons (Fsp3) is 0.174. The Hall–Kier alpha value is -3.57. The Bertz CT molecular complexity index is 1220. The first-order chi connectivity index (χ1) is 15.0. The Labute approximate surface area is 182 Å². The van der Waals surface area contributed by atoms with E-state index in [0.717, 1.165) is 11.1 Å². The molecule has 2 N–H and O–H groups in total. The highest BCUT2D eigenvalue weighted by atomic mass is 32.2. The van der Waals surface area contributed by atoms with Crippen molar-refractivity contribution in [1.29, 1.82) is 0 Å². The molecule has 2 aromatic carbocycles. The third-order valence-electron chi connectivity index (χ3n) is 4.80. The number of hydrogen-bond acceptors (Lipinski definition) is 5. The number of ether oxygens (including phenoxy) is 1. The number of halogens is 1. The minimum absolute atomic E-state index is 0.137. The molecule has 6 nitrogen and oxygen atoms in total. The smallest absolute Gasteiger partial charge is 0.257 e. The summed E-state index contributed by atoms with van der Waals surface area (Å²) in [6.45, 7) is 0.230. The van der Waals surface area contributed by atoms with Gasteiger partial charge in [0.05, 0.1) is 11.3 Å². The van der Waals surface area contributed by atoms with Crippen molar-refractivity contribution in [3.05, 3.63) is 81.4 Å². The molecule has 3 aromatic rings. The van der Waals surface area contributed by atoms with Crippen LogP contribution in [0.4, 0.5) is 10.2 Å². The summed E-state index contributed by atoms with van der Waals surface area (Å²) in [6.07, 6.45) is 5.40. The van der Waals surface area contributed by atoms with Crippen molar-refractivity contribution in [1.82, 2.24) is 9.97 Å². The van der Waals surface area contributed by atoms with Crippen LogP contribution in [-0.4, -0.2) is 21.6 Å².